The van der Waals surface area contributed by atoms with Crippen LogP contribution in [-0.2, 0) is 27.8 Å². The number of benzene rings is 3. The molecule has 5 aromatic rings. The zero-order valence-corrected chi connectivity index (χ0v) is 22.9. The molecule has 0 bridgehead atoms. The third-order valence-corrected chi connectivity index (χ3v) is 9.09. The first-order valence-corrected chi connectivity index (χ1v) is 14.1. The maximum Gasteiger partial charge on any atom is 0.303 e. The number of ether oxygens (including phenoxy) is 1. The van der Waals surface area contributed by atoms with E-state index in [0.29, 0.717) is 24.5 Å². The summed E-state index contributed by atoms with van der Waals surface area (Å²) in [7, 11) is 0. The number of imidazole rings is 1. The molecule has 2 aromatic heterocycles. The van der Waals surface area contributed by atoms with Gasteiger partial charge in [0.05, 0.1) is 23.4 Å². The van der Waals surface area contributed by atoms with Gasteiger partial charge in [0.15, 0.2) is 16.5 Å². The number of hydrogen-bond acceptors (Lipinski definition) is 4. The number of carbonyl (C=O) groups is 1. The lowest BCUT2D eigenvalue weighted by Crippen LogP contribution is -2.32. The second-order valence-corrected chi connectivity index (χ2v) is 11.6. The number of carboxylic acid groups (broad SMARTS) is 1. The van der Waals surface area contributed by atoms with E-state index >= 15 is 8.78 Å². The van der Waals surface area contributed by atoms with E-state index in [-0.39, 0.29) is 40.0 Å². The molecule has 3 N–H and O–H groups in total. The summed E-state index contributed by atoms with van der Waals surface area (Å²) in [6.45, 7) is 2.30. The van der Waals surface area contributed by atoms with Crippen LogP contribution in [0.2, 0.25) is 0 Å². The fraction of sp³-hybridized carbons (Fsp3) is 0.200. The van der Waals surface area contributed by atoms with Crippen molar-refractivity contribution in [3.05, 3.63) is 94.9 Å². The van der Waals surface area contributed by atoms with Gasteiger partial charge in [-0.25, -0.2) is 18.2 Å². The van der Waals surface area contributed by atoms with E-state index in [1.807, 2.05) is 25.1 Å². The van der Waals surface area contributed by atoms with Gasteiger partial charge in [-0.1, -0.05) is 18.2 Å². The Balaban J connectivity index is 1.37. The Hall–Kier alpha value is -4.29. The molecule has 0 radical (unpaired) electrons. The zero-order chi connectivity index (χ0) is 29.8. The van der Waals surface area contributed by atoms with Gasteiger partial charge < -0.3 is 24.4 Å². The quantitative estimate of drug-likeness (QED) is 0.114. The molecule has 3 heterocycles. The van der Waals surface area contributed by atoms with Crippen LogP contribution in [0.3, 0.4) is 0 Å². The molecule has 0 aliphatic carbocycles. The minimum atomic E-state index is -2.53. The number of carboxylic acids is 1. The van der Waals surface area contributed by atoms with Crippen LogP contribution in [0, 0.1) is 23.3 Å². The number of fused-ring (bicyclic) bond motifs is 2. The van der Waals surface area contributed by atoms with Crippen LogP contribution in [0.15, 0.2) is 64.6 Å². The lowest BCUT2D eigenvalue weighted by molar-refractivity contribution is -0.136. The summed E-state index contributed by atoms with van der Waals surface area (Å²) < 4.78 is 78.8. The van der Waals surface area contributed by atoms with Crippen LogP contribution in [0.25, 0.3) is 22.3 Å². The highest BCUT2D eigenvalue weighted by Crippen LogP contribution is 2.45. The molecule has 216 valence electrons. The van der Waals surface area contributed by atoms with Crippen LogP contribution in [0.4, 0.5) is 17.6 Å². The van der Waals surface area contributed by atoms with Crippen molar-refractivity contribution < 1.29 is 36.8 Å². The predicted octanol–water partition coefficient (Wildman–Crippen LogP) is 6.39. The summed E-state index contributed by atoms with van der Waals surface area (Å²) in [6.07, 6.45) is 3.62. The number of rotatable bonds is 7. The Morgan fingerprint density at radius 3 is 2.71 bits per heavy atom. The van der Waals surface area contributed by atoms with Crippen molar-refractivity contribution in [2.75, 3.05) is 6.61 Å². The number of H-pyrrole nitrogens is 2. The van der Waals surface area contributed by atoms with E-state index in [0.717, 1.165) is 29.3 Å². The highest BCUT2D eigenvalue weighted by molar-refractivity contribution is 7.91. The van der Waals surface area contributed by atoms with Crippen LogP contribution in [-0.4, -0.2) is 37.2 Å². The Morgan fingerprint density at radius 1 is 1.12 bits per heavy atom. The van der Waals surface area contributed by atoms with Gasteiger partial charge in [0.2, 0.25) is 10.7 Å². The molecular weight excluding hydrogens is 574 g/mol. The number of aromatic nitrogens is 3. The molecule has 1 unspecified atom stereocenters. The molecule has 0 amide bonds. The predicted molar refractivity (Wildman–Crippen MR) is 146 cm³/mol. The molecule has 2 atom stereocenters. The number of aliphatic carboxylic acids is 1. The summed E-state index contributed by atoms with van der Waals surface area (Å²) in [5.41, 5.74) is 0.965. The number of nitrogens with one attached hydrogen (secondary N) is 2. The van der Waals surface area contributed by atoms with Crippen molar-refractivity contribution in [3.63, 3.8) is 0 Å². The zero-order valence-electron chi connectivity index (χ0n) is 22.1. The molecule has 0 fully saturated rings. The topological polar surface area (TPSA) is 114 Å². The molecule has 1 aliphatic rings. The van der Waals surface area contributed by atoms with Gasteiger partial charge in [-0.05, 0) is 43.5 Å². The van der Waals surface area contributed by atoms with E-state index in [4.69, 9.17) is 9.84 Å². The second-order valence-electron chi connectivity index (χ2n) is 10.2. The number of para-hydroxylation sites is 1. The van der Waals surface area contributed by atoms with Crippen LogP contribution < -0.4 is 4.74 Å². The Morgan fingerprint density at radius 2 is 1.93 bits per heavy atom. The molecule has 6 rings (SSSR count). The van der Waals surface area contributed by atoms with Crippen LogP contribution in [0.1, 0.15) is 36.6 Å². The average molecular weight is 598 g/mol. The van der Waals surface area contributed by atoms with Gasteiger partial charge in [-0.2, -0.15) is 4.39 Å². The number of hydrogen-bond donors (Lipinski definition) is 3. The van der Waals surface area contributed by atoms with E-state index in [9.17, 15) is 18.1 Å². The maximum absolute atomic E-state index is 15.1. The van der Waals surface area contributed by atoms with E-state index in [2.05, 4.69) is 15.0 Å². The summed E-state index contributed by atoms with van der Waals surface area (Å²) in [4.78, 5) is 20.0. The highest BCUT2D eigenvalue weighted by Gasteiger charge is 2.38. The molecular formula is C30H23F4N3O4S. The van der Waals surface area contributed by atoms with Crippen LogP contribution >= 0.6 is 0 Å². The largest absolute Gasteiger partial charge is 0.606 e. The van der Waals surface area contributed by atoms with Crippen molar-refractivity contribution in [2.45, 2.75) is 41.4 Å². The first kappa shape index (κ1) is 27.9. The molecule has 0 spiro atoms. The monoisotopic (exact) mass is 597 g/mol. The van der Waals surface area contributed by atoms with Crippen molar-refractivity contribution in [2.24, 2.45) is 0 Å². The van der Waals surface area contributed by atoms with Crippen molar-refractivity contribution in [1.82, 2.24) is 15.0 Å². The maximum atomic E-state index is 15.1. The molecule has 7 nitrogen and oxygen atoms in total. The van der Waals surface area contributed by atoms with E-state index in [1.165, 1.54) is 12.3 Å². The first-order valence-electron chi connectivity index (χ1n) is 13.0. The normalized spacial score (nSPS) is 17.2. The highest BCUT2D eigenvalue weighted by atomic mass is 32.2. The molecule has 42 heavy (non-hydrogen) atoms. The summed E-state index contributed by atoms with van der Waals surface area (Å²) in [5.74, 6) is -5.10. The minimum Gasteiger partial charge on any atom is -0.606 e. The third kappa shape index (κ3) is 4.51. The Kier molecular flexibility index (Phi) is 6.98. The van der Waals surface area contributed by atoms with Gasteiger partial charge in [0.25, 0.3) is 0 Å². The number of nitrogens with zero attached hydrogens (tertiary/aromatic N) is 1. The molecule has 1 aliphatic heterocycles. The summed E-state index contributed by atoms with van der Waals surface area (Å²) >= 11 is -2.53. The van der Waals surface area contributed by atoms with Crippen molar-refractivity contribution in [3.8, 4) is 17.1 Å². The van der Waals surface area contributed by atoms with Crippen LogP contribution in [0.5, 0.6) is 5.75 Å². The molecule has 12 heteroatoms. The molecule has 3 aromatic carbocycles. The van der Waals surface area contributed by atoms with Gasteiger partial charge >= 0.3 is 5.97 Å². The summed E-state index contributed by atoms with van der Waals surface area (Å²) in [5, 5.41) is 8.87. The lowest BCUT2D eigenvalue weighted by Gasteiger charge is -2.35. The fourth-order valence-electron chi connectivity index (χ4n) is 5.37. The van der Waals surface area contributed by atoms with Gasteiger partial charge in [-0.15, -0.1) is 0 Å². The summed E-state index contributed by atoms with van der Waals surface area (Å²) in [6, 6.07) is 10.0. The van der Waals surface area contributed by atoms with Gasteiger partial charge in [-0.3, -0.25) is 4.79 Å². The number of halogens is 4. The van der Waals surface area contributed by atoms with Crippen molar-refractivity contribution >= 4 is 28.0 Å². The second kappa shape index (κ2) is 10.5. The van der Waals surface area contributed by atoms with Gasteiger partial charge in [0.1, 0.15) is 17.4 Å². The van der Waals surface area contributed by atoms with Gasteiger partial charge in [0, 0.05) is 52.4 Å². The van der Waals surface area contributed by atoms with E-state index < -0.39 is 50.7 Å². The fourth-order valence-corrected chi connectivity index (χ4v) is 6.55. The molecule has 0 saturated carbocycles. The first-order chi connectivity index (χ1) is 20.1. The number of aryl methyl sites for hydroxylation is 1. The molecule has 0 saturated heterocycles. The smallest absolute Gasteiger partial charge is 0.303 e. The van der Waals surface area contributed by atoms with Crippen molar-refractivity contribution in [1.29, 1.82) is 0 Å². The van der Waals surface area contributed by atoms with E-state index in [1.54, 1.807) is 6.20 Å². The third-order valence-electron chi connectivity index (χ3n) is 7.68. The standard InChI is InChI=1S/C30H23F4N3O4S/c1-30(10-12-41-27-15(5-8-22(38)39)3-2-4-19(27)30)21-14-36-29(37-21)18-13-16(6-7-20(18)31)42(40)28-23(32)17-9-11-35-26(17)24(33)25(28)34/h2-4,6-7,9,11,13-14,35H,5,8,10,12H2,1H3,(H,36,37)(H,38,39)/t30-,42?/m0/s1. The number of aromatic amines is 2. The minimum absolute atomic E-state index is 0.0560. The lowest BCUT2D eigenvalue weighted by atomic mass is 9.74. The average Bonchev–Trinajstić information content (AvgIpc) is 3.67. The Bertz CT molecular complexity index is 1860. The SMILES string of the molecule is C[C@]1(c2c[nH]c(-c3cc([S+]([O-])c4c(F)c(F)c5[nH]ccc5c4F)ccc3F)n2)CCOc2c(CCC(=O)O)cccc21. The Labute approximate surface area is 239 Å².